The first-order chi connectivity index (χ1) is 18.1. The highest BCUT2D eigenvalue weighted by atomic mass is 16.6. The number of hydrogen-bond donors (Lipinski definition) is 3. The molecule has 1 aromatic carbocycles. The van der Waals surface area contributed by atoms with E-state index in [1.807, 2.05) is 50.1 Å². The number of carbonyl (C=O) groups is 4. The Morgan fingerprint density at radius 2 is 1.76 bits per heavy atom. The summed E-state index contributed by atoms with van der Waals surface area (Å²) in [6, 6.07) is 7.18. The molecule has 208 valence electrons. The molecular weight excluding hydrogens is 488 g/mol. The van der Waals surface area contributed by atoms with Crippen LogP contribution in [0.2, 0.25) is 0 Å². The van der Waals surface area contributed by atoms with Crippen molar-refractivity contribution in [3.63, 3.8) is 0 Å². The zero-order valence-corrected chi connectivity index (χ0v) is 22.9. The summed E-state index contributed by atoms with van der Waals surface area (Å²) in [5.74, 6) is -1.02. The van der Waals surface area contributed by atoms with E-state index in [0.717, 1.165) is 17.7 Å². The van der Waals surface area contributed by atoms with Gasteiger partial charge >= 0.3 is 5.97 Å². The number of esters is 1. The van der Waals surface area contributed by atoms with Crippen LogP contribution in [0.3, 0.4) is 0 Å². The molecule has 3 amide bonds. The molecule has 38 heavy (non-hydrogen) atoms. The minimum absolute atomic E-state index is 0.0489. The summed E-state index contributed by atoms with van der Waals surface area (Å²) in [4.78, 5) is 52.0. The largest absolute Gasteiger partial charge is 0.462 e. The number of carbonyl (C=O) groups excluding carboxylic acids is 4. The lowest BCUT2D eigenvalue weighted by molar-refractivity contribution is -0.145. The molecule has 1 saturated heterocycles. The molecule has 2 aliphatic rings. The maximum atomic E-state index is 12.6. The summed E-state index contributed by atoms with van der Waals surface area (Å²) in [6.07, 6.45) is 1.63. The molecule has 3 N–H and O–H groups in total. The molecule has 3 atom stereocenters. The Labute approximate surface area is 224 Å². The summed E-state index contributed by atoms with van der Waals surface area (Å²) in [6.45, 7) is 8.70. The number of nitrogens with one attached hydrogen (secondary N) is 3. The molecule has 10 heteroatoms. The van der Waals surface area contributed by atoms with Crippen LogP contribution in [-0.4, -0.2) is 68.7 Å². The van der Waals surface area contributed by atoms with E-state index >= 15 is 0 Å². The predicted octanol–water partition coefficient (Wildman–Crippen LogP) is 1.68. The molecule has 1 aromatic rings. The molecule has 2 aliphatic heterocycles. The predicted molar refractivity (Wildman–Crippen MR) is 143 cm³/mol. The zero-order valence-electron chi connectivity index (χ0n) is 22.9. The summed E-state index contributed by atoms with van der Waals surface area (Å²) in [5.41, 5.74) is 2.74. The maximum absolute atomic E-state index is 12.6. The summed E-state index contributed by atoms with van der Waals surface area (Å²) >= 11 is 0. The Morgan fingerprint density at radius 1 is 1.03 bits per heavy atom. The number of hydrogen-bond acceptors (Lipinski definition) is 7. The van der Waals surface area contributed by atoms with E-state index in [1.54, 1.807) is 6.20 Å². The van der Waals surface area contributed by atoms with Gasteiger partial charge in [-0.15, -0.1) is 0 Å². The highest BCUT2D eigenvalue weighted by Crippen LogP contribution is 2.27. The molecule has 10 nitrogen and oxygen atoms in total. The van der Waals surface area contributed by atoms with Crippen molar-refractivity contribution in [2.75, 3.05) is 31.6 Å². The average Bonchev–Trinajstić information content (AvgIpc) is 3.67. The number of benzene rings is 1. The third-order valence-electron chi connectivity index (χ3n) is 6.37. The number of rotatable bonds is 13. The van der Waals surface area contributed by atoms with Gasteiger partial charge in [0.05, 0.1) is 6.54 Å². The van der Waals surface area contributed by atoms with Gasteiger partial charge in [0.15, 0.2) is 12.2 Å². The molecule has 0 spiro atoms. The van der Waals surface area contributed by atoms with Crippen molar-refractivity contribution in [2.24, 2.45) is 11.8 Å². The van der Waals surface area contributed by atoms with Gasteiger partial charge in [-0.25, -0.2) is 4.79 Å². The molecule has 0 bridgehead atoms. The lowest BCUT2D eigenvalue weighted by Gasteiger charge is -2.25. The van der Waals surface area contributed by atoms with Crippen LogP contribution in [0.25, 0.3) is 0 Å². The fourth-order valence-corrected chi connectivity index (χ4v) is 4.26. The number of para-hydroxylation sites is 1. The van der Waals surface area contributed by atoms with Crippen molar-refractivity contribution in [3.8, 4) is 0 Å². The van der Waals surface area contributed by atoms with Crippen LogP contribution in [0.1, 0.15) is 46.1 Å². The first kappa shape index (κ1) is 29.2. The minimum atomic E-state index is -1.01. The summed E-state index contributed by atoms with van der Waals surface area (Å²) in [7, 11) is 1.89. The van der Waals surface area contributed by atoms with Gasteiger partial charge in [0.2, 0.25) is 11.8 Å². The second kappa shape index (κ2) is 13.4. The van der Waals surface area contributed by atoms with Gasteiger partial charge in [-0.3, -0.25) is 14.4 Å². The third-order valence-corrected chi connectivity index (χ3v) is 6.37. The van der Waals surface area contributed by atoms with E-state index in [4.69, 9.17) is 9.47 Å². The van der Waals surface area contributed by atoms with Crippen molar-refractivity contribution < 1.29 is 28.7 Å². The smallest absolute Gasteiger partial charge is 0.338 e. The van der Waals surface area contributed by atoms with Crippen LogP contribution in [0.5, 0.6) is 0 Å². The SMILES string of the molecule is CC(C)CCNC(=O)C(CC(C)C)NC(=O)C1OC1C(=O)OCCNC(=O)C1=CN(C)c2ccccc2C1. The molecule has 0 saturated carbocycles. The van der Waals surface area contributed by atoms with Gasteiger partial charge in [-0.05, 0) is 36.3 Å². The van der Waals surface area contributed by atoms with E-state index in [1.165, 1.54) is 0 Å². The van der Waals surface area contributed by atoms with Crippen molar-refractivity contribution >= 4 is 29.4 Å². The fraction of sp³-hybridized carbons (Fsp3) is 0.571. The number of nitrogens with zero attached hydrogens (tertiary/aromatic N) is 1. The van der Waals surface area contributed by atoms with Gasteiger partial charge in [0.25, 0.3) is 5.91 Å². The van der Waals surface area contributed by atoms with E-state index in [-0.39, 0.29) is 30.9 Å². The first-order valence-corrected chi connectivity index (χ1v) is 13.3. The Hall–Kier alpha value is -3.40. The Bertz CT molecular complexity index is 1050. The number of ether oxygens (including phenoxy) is 2. The monoisotopic (exact) mass is 528 g/mol. The second-order valence-electron chi connectivity index (χ2n) is 10.6. The van der Waals surface area contributed by atoms with Gasteiger partial charge in [-0.2, -0.15) is 0 Å². The van der Waals surface area contributed by atoms with Crippen LogP contribution in [0, 0.1) is 11.8 Å². The van der Waals surface area contributed by atoms with E-state index in [0.29, 0.717) is 30.9 Å². The lowest BCUT2D eigenvalue weighted by atomic mass is 9.99. The topological polar surface area (TPSA) is 129 Å². The average molecular weight is 529 g/mol. The molecule has 2 heterocycles. The molecule has 3 rings (SSSR count). The fourth-order valence-electron chi connectivity index (χ4n) is 4.26. The lowest BCUT2D eigenvalue weighted by Crippen LogP contribution is -2.49. The highest BCUT2D eigenvalue weighted by Gasteiger charge is 2.52. The van der Waals surface area contributed by atoms with Crippen molar-refractivity contribution in [3.05, 3.63) is 41.6 Å². The molecule has 3 unspecified atom stereocenters. The Kier molecular flexibility index (Phi) is 10.3. The van der Waals surface area contributed by atoms with Crippen molar-refractivity contribution in [1.29, 1.82) is 0 Å². The number of amides is 3. The maximum Gasteiger partial charge on any atom is 0.338 e. The zero-order chi connectivity index (χ0) is 27.8. The van der Waals surface area contributed by atoms with Crippen LogP contribution < -0.4 is 20.9 Å². The second-order valence-corrected chi connectivity index (χ2v) is 10.6. The number of fused-ring (bicyclic) bond motifs is 1. The summed E-state index contributed by atoms with van der Waals surface area (Å²) < 4.78 is 10.4. The Morgan fingerprint density at radius 3 is 2.47 bits per heavy atom. The molecule has 0 aromatic heterocycles. The van der Waals surface area contributed by atoms with Gasteiger partial charge < -0.3 is 30.3 Å². The van der Waals surface area contributed by atoms with E-state index in [9.17, 15) is 19.2 Å². The standard InChI is InChI=1S/C28H40N4O6/c1-17(2)10-11-29-26(34)21(14-18(3)4)31-27(35)23-24(38-23)28(36)37-13-12-30-25(33)20-15-19-8-6-7-9-22(19)32(5)16-20/h6-9,16-18,21,23-24H,10-15H2,1-5H3,(H,29,34)(H,30,33)(H,31,35). The van der Waals surface area contributed by atoms with Gasteiger partial charge in [0.1, 0.15) is 12.6 Å². The van der Waals surface area contributed by atoms with Gasteiger partial charge in [0, 0.05) is 37.5 Å². The quantitative estimate of drug-likeness (QED) is 0.202. The van der Waals surface area contributed by atoms with Crippen LogP contribution in [-0.2, 0) is 35.1 Å². The number of epoxide rings is 1. The molecule has 0 radical (unpaired) electrons. The number of anilines is 1. The van der Waals surface area contributed by atoms with E-state index < -0.39 is 30.1 Å². The Balaban J connectivity index is 1.38. The van der Waals surface area contributed by atoms with Crippen LogP contribution in [0.15, 0.2) is 36.0 Å². The highest BCUT2D eigenvalue weighted by molar-refractivity contribution is 5.96. The van der Waals surface area contributed by atoms with E-state index in [2.05, 4.69) is 29.8 Å². The first-order valence-electron chi connectivity index (χ1n) is 13.3. The van der Waals surface area contributed by atoms with Crippen molar-refractivity contribution in [2.45, 2.75) is 65.2 Å². The molecule has 1 fully saturated rings. The summed E-state index contributed by atoms with van der Waals surface area (Å²) in [5, 5.41) is 8.33. The van der Waals surface area contributed by atoms with Gasteiger partial charge in [-0.1, -0.05) is 45.9 Å². The normalized spacial score (nSPS) is 18.8. The van der Waals surface area contributed by atoms with Crippen LogP contribution in [0.4, 0.5) is 5.69 Å². The molecular formula is C28H40N4O6. The minimum Gasteiger partial charge on any atom is -0.462 e. The van der Waals surface area contributed by atoms with Crippen LogP contribution >= 0.6 is 0 Å². The molecule has 0 aliphatic carbocycles. The van der Waals surface area contributed by atoms with Crippen molar-refractivity contribution in [1.82, 2.24) is 16.0 Å². The third kappa shape index (κ3) is 8.31.